The van der Waals surface area contributed by atoms with Gasteiger partial charge in [-0.3, -0.25) is 0 Å². The van der Waals surface area contributed by atoms with E-state index in [0.29, 0.717) is 0 Å². The van der Waals surface area contributed by atoms with E-state index in [-0.39, 0.29) is 0 Å². The summed E-state index contributed by atoms with van der Waals surface area (Å²) >= 11 is 0. The molecule has 1 unspecified atom stereocenters. The molecule has 0 aliphatic carbocycles. The van der Waals surface area contributed by atoms with Crippen LogP contribution in [0.1, 0.15) is 71.6 Å². The van der Waals surface area contributed by atoms with Crippen molar-refractivity contribution in [2.75, 3.05) is 19.6 Å². The van der Waals surface area contributed by atoms with E-state index in [0.717, 1.165) is 5.92 Å². The number of hydrogen-bond acceptors (Lipinski definition) is 1. The third-order valence-corrected chi connectivity index (χ3v) is 3.97. The highest BCUT2D eigenvalue weighted by Crippen LogP contribution is 2.20. The molecule has 0 N–H and O–H groups in total. The van der Waals surface area contributed by atoms with E-state index in [2.05, 4.69) is 18.7 Å². The molecule has 0 spiro atoms. The lowest BCUT2D eigenvalue weighted by molar-refractivity contribution is 0.284. The largest absolute Gasteiger partial charge is 0.303 e. The van der Waals surface area contributed by atoms with Crippen molar-refractivity contribution in [2.24, 2.45) is 5.92 Å². The first-order chi connectivity index (χ1) is 7.86. The van der Waals surface area contributed by atoms with Gasteiger partial charge in [0.1, 0.15) is 0 Å². The molecule has 0 radical (unpaired) electrons. The van der Waals surface area contributed by atoms with E-state index in [1.807, 2.05) is 0 Å². The highest BCUT2D eigenvalue weighted by Gasteiger charge is 2.14. The minimum atomic E-state index is 1.01. The molecule has 0 aromatic rings. The van der Waals surface area contributed by atoms with Crippen LogP contribution in [0, 0.1) is 5.92 Å². The zero-order valence-corrected chi connectivity index (χ0v) is 11.5. The molecule has 16 heavy (non-hydrogen) atoms. The standard InChI is InChI=1S/C15H31N/c1-3-5-6-10-15(9-4-2)11-14-16-12-7-8-13-16/h15H,3-14H2,1-2H3. The Morgan fingerprint density at radius 2 is 1.62 bits per heavy atom. The van der Waals surface area contributed by atoms with Crippen LogP contribution in [-0.2, 0) is 0 Å². The quantitative estimate of drug-likeness (QED) is 0.523. The summed E-state index contributed by atoms with van der Waals surface area (Å²) in [5.41, 5.74) is 0. The number of rotatable bonds is 9. The van der Waals surface area contributed by atoms with Crippen molar-refractivity contribution in [3.8, 4) is 0 Å². The fourth-order valence-corrected chi connectivity index (χ4v) is 2.90. The molecular weight excluding hydrogens is 194 g/mol. The maximum atomic E-state index is 2.67. The molecule has 0 amide bonds. The number of likely N-dealkylation sites (tertiary alicyclic amines) is 1. The van der Waals surface area contributed by atoms with Crippen molar-refractivity contribution in [3.05, 3.63) is 0 Å². The maximum Gasteiger partial charge on any atom is -0.00161 e. The van der Waals surface area contributed by atoms with Crippen LogP contribution >= 0.6 is 0 Å². The van der Waals surface area contributed by atoms with Gasteiger partial charge in [-0.1, -0.05) is 52.4 Å². The molecule has 0 bridgehead atoms. The lowest BCUT2D eigenvalue weighted by atomic mass is 9.93. The Bertz CT molecular complexity index is 150. The summed E-state index contributed by atoms with van der Waals surface area (Å²) in [6.07, 6.45) is 12.9. The molecule has 1 aliphatic heterocycles. The number of unbranched alkanes of at least 4 members (excludes halogenated alkanes) is 2. The van der Waals surface area contributed by atoms with Crippen LogP contribution in [0.25, 0.3) is 0 Å². The van der Waals surface area contributed by atoms with E-state index in [9.17, 15) is 0 Å². The molecule has 1 atom stereocenters. The van der Waals surface area contributed by atoms with Gasteiger partial charge >= 0.3 is 0 Å². The monoisotopic (exact) mass is 225 g/mol. The molecule has 96 valence electrons. The second-order valence-corrected chi connectivity index (χ2v) is 5.49. The van der Waals surface area contributed by atoms with E-state index in [1.54, 1.807) is 0 Å². The van der Waals surface area contributed by atoms with Crippen molar-refractivity contribution in [2.45, 2.75) is 71.6 Å². The van der Waals surface area contributed by atoms with Crippen LogP contribution in [-0.4, -0.2) is 24.5 Å². The molecule has 1 fully saturated rings. The third kappa shape index (κ3) is 5.89. The summed E-state index contributed by atoms with van der Waals surface area (Å²) in [6.45, 7) is 8.75. The molecule has 0 saturated carbocycles. The minimum absolute atomic E-state index is 1.01. The Kier molecular flexibility index (Phi) is 7.92. The van der Waals surface area contributed by atoms with Gasteiger partial charge in [-0.15, -0.1) is 0 Å². The molecule has 1 rings (SSSR count). The number of hydrogen-bond donors (Lipinski definition) is 0. The average Bonchev–Trinajstić information content (AvgIpc) is 2.79. The Morgan fingerprint density at radius 1 is 0.875 bits per heavy atom. The summed E-state index contributed by atoms with van der Waals surface area (Å²) < 4.78 is 0. The van der Waals surface area contributed by atoms with Crippen LogP contribution in [0.4, 0.5) is 0 Å². The molecule has 0 aromatic heterocycles. The fraction of sp³-hybridized carbons (Fsp3) is 1.00. The molecular formula is C15H31N. The summed E-state index contributed by atoms with van der Waals surface area (Å²) in [7, 11) is 0. The van der Waals surface area contributed by atoms with Crippen molar-refractivity contribution < 1.29 is 0 Å². The molecule has 1 saturated heterocycles. The van der Waals surface area contributed by atoms with Gasteiger partial charge < -0.3 is 4.90 Å². The van der Waals surface area contributed by atoms with Crippen molar-refractivity contribution >= 4 is 0 Å². The minimum Gasteiger partial charge on any atom is -0.303 e. The van der Waals surface area contributed by atoms with E-state index in [1.165, 1.54) is 77.4 Å². The first-order valence-corrected chi connectivity index (χ1v) is 7.59. The smallest absolute Gasteiger partial charge is 0.00161 e. The van der Waals surface area contributed by atoms with Gasteiger partial charge in [0, 0.05) is 0 Å². The van der Waals surface area contributed by atoms with Crippen molar-refractivity contribution in [1.82, 2.24) is 4.90 Å². The van der Waals surface area contributed by atoms with Gasteiger partial charge in [0.05, 0.1) is 0 Å². The molecule has 1 aliphatic rings. The molecule has 1 heteroatoms. The first kappa shape index (κ1) is 14.0. The number of nitrogens with zero attached hydrogens (tertiary/aromatic N) is 1. The fourth-order valence-electron chi connectivity index (χ4n) is 2.90. The van der Waals surface area contributed by atoms with Crippen LogP contribution in [0.5, 0.6) is 0 Å². The van der Waals surface area contributed by atoms with Crippen LogP contribution in [0.15, 0.2) is 0 Å². The highest BCUT2D eigenvalue weighted by molar-refractivity contribution is 4.68. The van der Waals surface area contributed by atoms with Gasteiger partial charge in [-0.05, 0) is 44.8 Å². The lowest BCUT2D eigenvalue weighted by Crippen LogP contribution is -2.22. The average molecular weight is 225 g/mol. The molecule has 1 nitrogen and oxygen atoms in total. The van der Waals surface area contributed by atoms with Crippen LogP contribution in [0.2, 0.25) is 0 Å². The summed E-state index contributed by atoms with van der Waals surface area (Å²) in [6, 6.07) is 0. The Hall–Kier alpha value is -0.0400. The third-order valence-electron chi connectivity index (χ3n) is 3.97. The zero-order valence-electron chi connectivity index (χ0n) is 11.5. The van der Waals surface area contributed by atoms with Gasteiger partial charge in [-0.25, -0.2) is 0 Å². The van der Waals surface area contributed by atoms with Gasteiger partial charge in [0.25, 0.3) is 0 Å². The van der Waals surface area contributed by atoms with E-state index < -0.39 is 0 Å². The van der Waals surface area contributed by atoms with Crippen LogP contribution < -0.4 is 0 Å². The van der Waals surface area contributed by atoms with Gasteiger partial charge in [-0.2, -0.15) is 0 Å². The van der Waals surface area contributed by atoms with Crippen LogP contribution in [0.3, 0.4) is 0 Å². The van der Waals surface area contributed by atoms with E-state index in [4.69, 9.17) is 0 Å². The molecule has 1 heterocycles. The molecule has 0 aromatic carbocycles. The Balaban J connectivity index is 2.10. The lowest BCUT2D eigenvalue weighted by Gasteiger charge is -2.20. The van der Waals surface area contributed by atoms with E-state index >= 15 is 0 Å². The summed E-state index contributed by atoms with van der Waals surface area (Å²) in [5.74, 6) is 1.01. The van der Waals surface area contributed by atoms with Gasteiger partial charge in [0.2, 0.25) is 0 Å². The Labute approximate surface area is 103 Å². The summed E-state index contributed by atoms with van der Waals surface area (Å²) in [4.78, 5) is 2.67. The maximum absolute atomic E-state index is 2.67. The second kappa shape index (κ2) is 9.04. The van der Waals surface area contributed by atoms with Crippen molar-refractivity contribution in [3.63, 3.8) is 0 Å². The second-order valence-electron chi connectivity index (χ2n) is 5.49. The zero-order chi connectivity index (χ0) is 11.6. The first-order valence-electron chi connectivity index (χ1n) is 7.59. The SMILES string of the molecule is CCCCCC(CCC)CCN1CCCC1. The Morgan fingerprint density at radius 3 is 2.25 bits per heavy atom. The predicted octanol–water partition coefficient (Wildman–Crippen LogP) is 4.47. The van der Waals surface area contributed by atoms with Crippen molar-refractivity contribution in [1.29, 1.82) is 0 Å². The highest BCUT2D eigenvalue weighted by atomic mass is 15.1. The summed E-state index contributed by atoms with van der Waals surface area (Å²) in [5, 5.41) is 0. The normalized spacial score (nSPS) is 19.1. The predicted molar refractivity (Wildman–Crippen MR) is 72.8 cm³/mol. The van der Waals surface area contributed by atoms with Gasteiger partial charge in [0.15, 0.2) is 0 Å². The topological polar surface area (TPSA) is 3.24 Å².